The van der Waals surface area contributed by atoms with Crippen LogP contribution in [0.4, 0.5) is 5.69 Å². The first-order valence-corrected chi connectivity index (χ1v) is 5.83. The van der Waals surface area contributed by atoms with E-state index in [1.165, 1.54) is 30.0 Å². The van der Waals surface area contributed by atoms with Gasteiger partial charge in [-0.05, 0) is 19.9 Å². The van der Waals surface area contributed by atoms with Crippen LogP contribution < -0.4 is 4.74 Å². The summed E-state index contributed by atoms with van der Waals surface area (Å²) in [6, 6.07) is 4.23. The second-order valence-electron chi connectivity index (χ2n) is 4.23. The quantitative estimate of drug-likeness (QED) is 0.485. The second kappa shape index (κ2) is 5.12. The van der Waals surface area contributed by atoms with E-state index in [-0.39, 0.29) is 5.69 Å². The third-order valence-corrected chi connectivity index (χ3v) is 3.07. The van der Waals surface area contributed by atoms with Gasteiger partial charge in [-0.1, -0.05) is 0 Å². The molecule has 20 heavy (non-hydrogen) atoms. The fourth-order valence-electron chi connectivity index (χ4n) is 2.02. The van der Waals surface area contributed by atoms with Crippen molar-refractivity contribution in [3.8, 4) is 11.4 Å². The summed E-state index contributed by atoms with van der Waals surface area (Å²) in [6.45, 7) is 3.43. The van der Waals surface area contributed by atoms with Crippen LogP contribution in [0.25, 0.3) is 5.69 Å². The van der Waals surface area contributed by atoms with Gasteiger partial charge in [0.15, 0.2) is 6.29 Å². The number of methoxy groups -OCH3 is 1. The first kappa shape index (κ1) is 13.7. The van der Waals surface area contributed by atoms with Crippen molar-refractivity contribution < 1.29 is 14.5 Å². The smallest absolute Gasteiger partial charge is 0.271 e. The third-order valence-electron chi connectivity index (χ3n) is 3.07. The van der Waals surface area contributed by atoms with Crippen LogP contribution in [0.3, 0.4) is 0 Å². The lowest BCUT2D eigenvalue weighted by atomic mass is 10.2. The van der Waals surface area contributed by atoms with Crippen molar-refractivity contribution in [2.75, 3.05) is 7.11 Å². The normalized spacial score (nSPS) is 10.3. The molecule has 2 rings (SSSR count). The Morgan fingerprint density at radius 1 is 1.40 bits per heavy atom. The Balaban J connectivity index is 2.70. The van der Waals surface area contributed by atoms with Crippen LogP contribution >= 0.6 is 0 Å². The maximum absolute atomic E-state index is 11.0. The zero-order valence-corrected chi connectivity index (χ0v) is 11.3. The number of benzene rings is 1. The Kier molecular flexibility index (Phi) is 3.51. The first-order valence-electron chi connectivity index (χ1n) is 5.83. The van der Waals surface area contributed by atoms with Crippen molar-refractivity contribution >= 4 is 12.0 Å². The van der Waals surface area contributed by atoms with E-state index in [0.717, 1.165) is 6.29 Å². The van der Waals surface area contributed by atoms with Crippen molar-refractivity contribution in [2.45, 2.75) is 13.8 Å². The molecule has 0 bridgehead atoms. The summed E-state index contributed by atoms with van der Waals surface area (Å²) in [5.41, 5.74) is 2.00. The van der Waals surface area contributed by atoms with Crippen molar-refractivity contribution in [2.24, 2.45) is 0 Å². The van der Waals surface area contributed by atoms with Gasteiger partial charge in [0.1, 0.15) is 11.4 Å². The molecule has 1 aromatic carbocycles. The Labute approximate surface area is 114 Å². The number of nitro groups is 1. The van der Waals surface area contributed by atoms with Crippen LogP contribution in [-0.2, 0) is 0 Å². The molecule has 0 atom stereocenters. The number of nitrogens with zero attached hydrogens (tertiary/aromatic N) is 3. The van der Waals surface area contributed by atoms with Gasteiger partial charge in [-0.15, -0.1) is 0 Å². The van der Waals surface area contributed by atoms with E-state index in [0.29, 0.717) is 28.4 Å². The summed E-state index contributed by atoms with van der Waals surface area (Å²) in [7, 11) is 1.47. The topological polar surface area (TPSA) is 87.3 Å². The molecule has 0 unspecified atom stereocenters. The first-order chi connectivity index (χ1) is 9.49. The number of hydrogen-bond donors (Lipinski definition) is 0. The minimum Gasteiger partial charge on any atom is -0.494 e. The molecule has 0 amide bonds. The predicted molar refractivity (Wildman–Crippen MR) is 71.6 cm³/mol. The van der Waals surface area contributed by atoms with E-state index in [1.54, 1.807) is 13.8 Å². The molecule has 0 saturated heterocycles. The fourth-order valence-corrected chi connectivity index (χ4v) is 2.02. The Morgan fingerprint density at radius 2 is 2.10 bits per heavy atom. The van der Waals surface area contributed by atoms with Gasteiger partial charge in [0.05, 0.1) is 29.0 Å². The molecular weight excluding hydrogens is 262 g/mol. The third kappa shape index (κ3) is 2.13. The average Bonchev–Trinajstić information content (AvgIpc) is 2.72. The van der Waals surface area contributed by atoms with E-state index < -0.39 is 4.92 Å². The maximum Gasteiger partial charge on any atom is 0.271 e. The van der Waals surface area contributed by atoms with Crippen LogP contribution in [0, 0.1) is 24.0 Å². The zero-order chi connectivity index (χ0) is 14.9. The highest BCUT2D eigenvalue weighted by molar-refractivity contribution is 5.78. The highest BCUT2D eigenvalue weighted by atomic mass is 16.6. The van der Waals surface area contributed by atoms with Gasteiger partial charge in [0, 0.05) is 12.1 Å². The van der Waals surface area contributed by atoms with Crippen molar-refractivity contribution in [3.63, 3.8) is 0 Å². The van der Waals surface area contributed by atoms with Crippen LogP contribution in [0.2, 0.25) is 0 Å². The number of aldehydes is 1. The largest absolute Gasteiger partial charge is 0.494 e. The van der Waals surface area contributed by atoms with E-state index in [4.69, 9.17) is 4.74 Å². The molecule has 0 fully saturated rings. The number of rotatable bonds is 4. The van der Waals surface area contributed by atoms with E-state index >= 15 is 0 Å². The van der Waals surface area contributed by atoms with E-state index in [2.05, 4.69) is 5.10 Å². The summed E-state index contributed by atoms with van der Waals surface area (Å²) in [5, 5.41) is 15.1. The number of hydrogen-bond acceptors (Lipinski definition) is 5. The second-order valence-corrected chi connectivity index (χ2v) is 4.23. The van der Waals surface area contributed by atoms with Crippen molar-refractivity contribution in [3.05, 3.63) is 45.3 Å². The van der Waals surface area contributed by atoms with Crippen molar-refractivity contribution in [1.82, 2.24) is 9.78 Å². The number of non-ortho nitro benzene ring substituents is 1. The van der Waals surface area contributed by atoms with Crippen LogP contribution in [0.1, 0.15) is 21.7 Å². The van der Waals surface area contributed by atoms with Crippen LogP contribution in [0.5, 0.6) is 5.75 Å². The SMILES string of the molecule is COc1ccc([N+](=O)[O-])cc1-n1nc(C)c(C=O)c1C. The van der Waals surface area contributed by atoms with Crippen molar-refractivity contribution in [1.29, 1.82) is 0 Å². The molecule has 0 radical (unpaired) electrons. The fraction of sp³-hybridized carbons (Fsp3) is 0.231. The highest BCUT2D eigenvalue weighted by Crippen LogP contribution is 2.29. The lowest BCUT2D eigenvalue weighted by Crippen LogP contribution is -2.03. The predicted octanol–water partition coefficient (Wildman–Crippen LogP) is 2.22. The molecule has 2 aromatic rings. The summed E-state index contributed by atoms with van der Waals surface area (Å²) in [5.74, 6) is 0.443. The van der Waals surface area contributed by atoms with Gasteiger partial charge >= 0.3 is 0 Å². The summed E-state index contributed by atoms with van der Waals surface area (Å²) in [4.78, 5) is 21.4. The maximum atomic E-state index is 11.0. The number of ether oxygens (including phenoxy) is 1. The van der Waals surface area contributed by atoms with E-state index in [1.807, 2.05) is 0 Å². The van der Waals surface area contributed by atoms with Gasteiger partial charge in [-0.3, -0.25) is 14.9 Å². The van der Waals surface area contributed by atoms with Gasteiger partial charge in [-0.25, -0.2) is 4.68 Å². The van der Waals surface area contributed by atoms with Crippen LogP contribution in [0.15, 0.2) is 18.2 Å². The number of carbonyl (C=O) groups is 1. The van der Waals surface area contributed by atoms with Gasteiger partial charge in [0.25, 0.3) is 5.69 Å². The number of aryl methyl sites for hydroxylation is 1. The molecule has 104 valence electrons. The standard InChI is InChI=1S/C13H13N3O4/c1-8-11(7-17)9(2)15(14-8)12-6-10(16(18)19)4-5-13(12)20-3/h4-7H,1-3H3. The minimum absolute atomic E-state index is 0.0685. The van der Waals surface area contributed by atoms with Gasteiger partial charge < -0.3 is 4.74 Å². The number of nitro benzene ring substituents is 1. The summed E-state index contributed by atoms with van der Waals surface area (Å²) >= 11 is 0. The average molecular weight is 275 g/mol. The molecule has 1 aromatic heterocycles. The van der Waals surface area contributed by atoms with E-state index in [9.17, 15) is 14.9 Å². The molecule has 1 heterocycles. The van der Waals surface area contributed by atoms with Gasteiger partial charge in [-0.2, -0.15) is 5.10 Å². The molecule has 7 nitrogen and oxygen atoms in total. The monoisotopic (exact) mass is 275 g/mol. The zero-order valence-electron chi connectivity index (χ0n) is 11.3. The molecule has 0 saturated carbocycles. The Hall–Kier alpha value is -2.70. The Bertz CT molecular complexity index is 691. The summed E-state index contributed by atoms with van der Waals surface area (Å²) < 4.78 is 6.68. The Morgan fingerprint density at radius 3 is 2.60 bits per heavy atom. The molecule has 0 spiro atoms. The van der Waals surface area contributed by atoms with Crippen LogP contribution in [-0.4, -0.2) is 28.1 Å². The number of aromatic nitrogens is 2. The molecule has 0 aliphatic rings. The lowest BCUT2D eigenvalue weighted by Gasteiger charge is -2.09. The highest BCUT2D eigenvalue weighted by Gasteiger charge is 2.18. The summed E-state index contributed by atoms with van der Waals surface area (Å²) in [6.07, 6.45) is 0.720. The molecule has 0 aliphatic heterocycles. The number of carbonyl (C=O) groups excluding carboxylic acids is 1. The lowest BCUT2D eigenvalue weighted by molar-refractivity contribution is -0.384. The molecule has 0 N–H and O–H groups in total. The molecule has 7 heteroatoms. The molecular formula is C13H13N3O4. The molecule has 0 aliphatic carbocycles. The van der Waals surface area contributed by atoms with Gasteiger partial charge in [0.2, 0.25) is 0 Å². The minimum atomic E-state index is -0.491.